The molecule has 0 radical (unpaired) electrons. The van der Waals surface area contributed by atoms with E-state index in [1.54, 1.807) is 7.05 Å². The van der Waals surface area contributed by atoms with E-state index in [0.29, 0.717) is 10.6 Å². The van der Waals surface area contributed by atoms with Crippen molar-refractivity contribution in [1.29, 1.82) is 0 Å². The van der Waals surface area contributed by atoms with E-state index in [0.717, 1.165) is 8.04 Å². The van der Waals surface area contributed by atoms with Crippen molar-refractivity contribution in [3.63, 3.8) is 0 Å². The molecule has 0 fully saturated rings. The van der Waals surface area contributed by atoms with Gasteiger partial charge in [0.05, 0.1) is 17.1 Å². The molecule has 2 N–H and O–H groups in total. The van der Waals surface area contributed by atoms with Gasteiger partial charge < -0.3 is 10.6 Å². The van der Waals surface area contributed by atoms with E-state index in [9.17, 15) is 4.79 Å². The molecule has 0 aliphatic rings. The van der Waals surface area contributed by atoms with Gasteiger partial charge in [0.15, 0.2) is 0 Å². The highest BCUT2D eigenvalue weighted by atomic mass is 127. The number of nitrogens with zero attached hydrogens (tertiary/aromatic N) is 1. The van der Waals surface area contributed by atoms with E-state index in [4.69, 9.17) is 18.0 Å². The Morgan fingerprint density at radius 2 is 2.25 bits per heavy atom. The molecule has 86 valence electrons. The summed E-state index contributed by atoms with van der Waals surface area (Å²) in [4.78, 5) is 13.8. The average Bonchev–Trinajstić information content (AvgIpc) is 2.19. The lowest BCUT2D eigenvalue weighted by Gasteiger charge is -2.17. The molecule has 0 aromatic heterocycles. The van der Waals surface area contributed by atoms with E-state index in [2.05, 4.69) is 38.5 Å². The molecule has 0 heterocycles. The van der Waals surface area contributed by atoms with Crippen LogP contribution in [0.4, 0.5) is 0 Å². The SMILES string of the molecule is CN(CC(N)=S)C(=O)c1cc(I)ccc1Br. The third kappa shape index (κ3) is 3.67. The van der Waals surface area contributed by atoms with Gasteiger partial charge in [0.1, 0.15) is 0 Å². The minimum atomic E-state index is -0.0989. The van der Waals surface area contributed by atoms with Crippen LogP contribution in [-0.4, -0.2) is 29.4 Å². The Kier molecular flexibility index (Phi) is 5.13. The molecule has 1 aromatic carbocycles. The number of amides is 1. The molecular formula is C10H10BrIN2OS. The molecule has 16 heavy (non-hydrogen) atoms. The summed E-state index contributed by atoms with van der Waals surface area (Å²) in [6.07, 6.45) is 0. The number of halogens is 2. The first-order valence-corrected chi connectivity index (χ1v) is 6.68. The van der Waals surface area contributed by atoms with Crippen molar-refractivity contribution in [2.75, 3.05) is 13.6 Å². The van der Waals surface area contributed by atoms with Crippen LogP contribution in [0.5, 0.6) is 0 Å². The number of hydrogen-bond acceptors (Lipinski definition) is 2. The van der Waals surface area contributed by atoms with E-state index >= 15 is 0 Å². The van der Waals surface area contributed by atoms with Crippen molar-refractivity contribution in [3.05, 3.63) is 31.8 Å². The standard InChI is InChI=1S/C10H10BrIN2OS/c1-14(5-9(13)16)10(15)7-4-6(12)2-3-8(7)11/h2-4H,5H2,1H3,(H2,13,16). The molecule has 1 amide bonds. The molecule has 1 aromatic rings. The van der Waals surface area contributed by atoms with Crippen molar-refractivity contribution in [2.24, 2.45) is 5.73 Å². The van der Waals surface area contributed by atoms with Gasteiger partial charge in [0.25, 0.3) is 5.91 Å². The zero-order valence-electron chi connectivity index (χ0n) is 8.54. The number of carbonyl (C=O) groups is 1. The zero-order chi connectivity index (χ0) is 12.3. The van der Waals surface area contributed by atoms with Gasteiger partial charge in [-0.25, -0.2) is 0 Å². The van der Waals surface area contributed by atoms with Crippen LogP contribution in [-0.2, 0) is 0 Å². The summed E-state index contributed by atoms with van der Waals surface area (Å²) in [5.74, 6) is -0.0989. The van der Waals surface area contributed by atoms with Crippen molar-refractivity contribution in [2.45, 2.75) is 0 Å². The minimum Gasteiger partial charge on any atom is -0.392 e. The van der Waals surface area contributed by atoms with E-state index in [-0.39, 0.29) is 12.5 Å². The summed E-state index contributed by atoms with van der Waals surface area (Å²) >= 11 is 10.3. The second-order valence-corrected chi connectivity index (χ2v) is 5.88. The van der Waals surface area contributed by atoms with Gasteiger partial charge in [0.2, 0.25) is 0 Å². The second-order valence-electron chi connectivity index (χ2n) is 3.25. The molecule has 6 heteroatoms. The lowest BCUT2D eigenvalue weighted by atomic mass is 10.2. The number of benzene rings is 1. The third-order valence-corrected chi connectivity index (χ3v) is 3.39. The number of hydrogen-bond donors (Lipinski definition) is 1. The molecule has 0 atom stereocenters. The maximum atomic E-state index is 12.0. The van der Waals surface area contributed by atoms with Crippen LogP contribution in [0.25, 0.3) is 0 Å². The number of thiocarbonyl (C=S) groups is 1. The van der Waals surface area contributed by atoms with Crippen molar-refractivity contribution in [3.8, 4) is 0 Å². The molecule has 1 rings (SSSR count). The van der Waals surface area contributed by atoms with Gasteiger partial charge in [0, 0.05) is 15.1 Å². The van der Waals surface area contributed by atoms with Crippen LogP contribution in [0.1, 0.15) is 10.4 Å². The fourth-order valence-corrected chi connectivity index (χ4v) is 2.27. The van der Waals surface area contributed by atoms with E-state index in [1.165, 1.54) is 4.90 Å². The Balaban J connectivity index is 2.95. The smallest absolute Gasteiger partial charge is 0.255 e. The van der Waals surface area contributed by atoms with Crippen LogP contribution in [0.2, 0.25) is 0 Å². The topological polar surface area (TPSA) is 46.3 Å². The summed E-state index contributed by atoms with van der Waals surface area (Å²) in [6.45, 7) is 0.284. The summed E-state index contributed by atoms with van der Waals surface area (Å²) in [7, 11) is 1.67. The average molecular weight is 413 g/mol. The molecule has 0 saturated carbocycles. The molecule has 0 saturated heterocycles. The zero-order valence-corrected chi connectivity index (χ0v) is 13.1. The van der Waals surface area contributed by atoms with Crippen molar-refractivity contribution < 1.29 is 4.79 Å². The molecule has 0 aliphatic heterocycles. The lowest BCUT2D eigenvalue weighted by Crippen LogP contribution is -2.34. The maximum Gasteiger partial charge on any atom is 0.255 e. The lowest BCUT2D eigenvalue weighted by molar-refractivity contribution is 0.0814. The Hall–Kier alpha value is -0.210. The highest BCUT2D eigenvalue weighted by molar-refractivity contribution is 14.1. The largest absolute Gasteiger partial charge is 0.392 e. The minimum absolute atomic E-state index is 0.0989. The number of nitrogens with two attached hydrogens (primary N) is 1. The van der Waals surface area contributed by atoms with Gasteiger partial charge >= 0.3 is 0 Å². The molecular weight excluding hydrogens is 403 g/mol. The van der Waals surface area contributed by atoms with Crippen LogP contribution in [0.3, 0.4) is 0 Å². The Morgan fingerprint density at radius 3 is 2.81 bits per heavy atom. The predicted molar refractivity (Wildman–Crippen MR) is 80.6 cm³/mol. The highest BCUT2D eigenvalue weighted by Crippen LogP contribution is 2.20. The normalized spacial score (nSPS) is 9.94. The second kappa shape index (κ2) is 5.92. The van der Waals surface area contributed by atoms with Gasteiger partial charge in [-0.1, -0.05) is 12.2 Å². The highest BCUT2D eigenvalue weighted by Gasteiger charge is 2.15. The van der Waals surface area contributed by atoms with Crippen LogP contribution in [0, 0.1) is 3.57 Å². The summed E-state index contributed by atoms with van der Waals surface area (Å²) in [6, 6.07) is 5.60. The fourth-order valence-electron chi connectivity index (χ4n) is 1.17. The molecule has 0 aliphatic carbocycles. The summed E-state index contributed by atoms with van der Waals surface area (Å²) in [5, 5.41) is 0. The van der Waals surface area contributed by atoms with Crippen LogP contribution in [0.15, 0.2) is 22.7 Å². The Bertz CT molecular complexity index is 439. The quantitative estimate of drug-likeness (QED) is 0.612. The van der Waals surface area contributed by atoms with Gasteiger partial charge in [-0.2, -0.15) is 0 Å². The van der Waals surface area contributed by atoms with Gasteiger partial charge in [-0.05, 0) is 56.7 Å². The predicted octanol–water partition coefficient (Wildman–Crippen LogP) is 2.41. The molecule has 0 bridgehead atoms. The fraction of sp³-hybridized carbons (Fsp3) is 0.200. The Morgan fingerprint density at radius 1 is 1.62 bits per heavy atom. The first-order chi connectivity index (χ1) is 7.41. The molecule has 0 unspecified atom stereocenters. The first kappa shape index (κ1) is 13.9. The van der Waals surface area contributed by atoms with Crippen molar-refractivity contribution in [1.82, 2.24) is 4.90 Å². The summed E-state index contributed by atoms with van der Waals surface area (Å²) in [5.41, 5.74) is 6.02. The van der Waals surface area contributed by atoms with Crippen molar-refractivity contribution >= 4 is 61.6 Å². The van der Waals surface area contributed by atoms with E-state index < -0.39 is 0 Å². The monoisotopic (exact) mass is 412 g/mol. The van der Waals surface area contributed by atoms with Crippen LogP contribution < -0.4 is 5.73 Å². The number of likely N-dealkylation sites (N-methyl/N-ethyl adjacent to an activating group) is 1. The molecule has 0 spiro atoms. The third-order valence-electron chi connectivity index (χ3n) is 1.90. The van der Waals surface area contributed by atoms with Gasteiger partial charge in [-0.3, -0.25) is 4.79 Å². The number of carbonyl (C=O) groups excluding carboxylic acids is 1. The maximum absolute atomic E-state index is 12.0. The first-order valence-electron chi connectivity index (χ1n) is 4.40. The summed E-state index contributed by atoms with van der Waals surface area (Å²) < 4.78 is 1.78. The number of rotatable bonds is 3. The van der Waals surface area contributed by atoms with Crippen LogP contribution >= 0.6 is 50.7 Å². The Labute approximate surface area is 122 Å². The van der Waals surface area contributed by atoms with Gasteiger partial charge in [-0.15, -0.1) is 0 Å². The van der Waals surface area contributed by atoms with E-state index in [1.807, 2.05) is 18.2 Å². The molecule has 3 nitrogen and oxygen atoms in total.